The zero-order valence-corrected chi connectivity index (χ0v) is 16.5. The molecule has 31 heavy (non-hydrogen) atoms. The molecule has 0 spiro atoms. The van der Waals surface area contributed by atoms with E-state index < -0.39 is 29.6 Å². The number of halogens is 6. The maximum atomic E-state index is 15.3. The lowest BCUT2D eigenvalue weighted by molar-refractivity contribution is -0.276. The molecule has 0 unspecified atom stereocenters. The van der Waals surface area contributed by atoms with Crippen LogP contribution in [0.2, 0.25) is 0 Å². The van der Waals surface area contributed by atoms with Crippen molar-refractivity contribution < 1.29 is 31.1 Å². The second-order valence-electron chi connectivity index (χ2n) is 7.51. The van der Waals surface area contributed by atoms with Gasteiger partial charge in [0.15, 0.2) is 11.6 Å². The van der Waals surface area contributed by atoms with Crippen LogP contribution in [0.1, 0.15) is 30.0 Å². The van der Waals surface area contributed by atoms with Crippen LogP contribution in [0.3, 0.4) is 0 Å². The standard InChI is InChI=1S/C24H18F6O/c1-2-3-13-4-6-16-14(10-13)5-7-19-18(16)9-8-17(22(19)27)15-11-20(25)23(21(26)12-15)31-24(28,29)30/h4,6,8-12H,2-3,5,7H2,1H3. The summed E-state index contributed by atoms with van der Waals surface area (Å²) in [6.07, 6.45) is -2.23. The van der Waals surface area contributed by atoms with Crippen molar-refractivity contribution in [2.24, 2.45) is 0 Å². The molecular formula is C24H18F6O. The van der Waals surface area contributed by atoms with E-state index in [9.17, 15) is 22.0 Å². The first-order valence-corrected chi connectivity index (χ1v) is 9.86. The highest BCUT2D eigenvalue weighted by Crippen LogP contribution is 2.40. The molecule has 3 aromatic carbocycles. The largest absolute Gasteiger partial charge is 0.573 e. The van der Waals surface area contributed by atoms with Gasteiger partial charge in [0.2, 0.25) is 5.75 Å². The summed E-state index contributed by atoms with van der Waals surface area (Å²) >= 11 is 0. The number of ether oxygens (including phenoxy) is 1. The molecule has 4 rings (SSSR count). The van der Waals surface area contributed by atoms with E-state index in [2.05, 4.69) is 17.7 Å². The average Bonchev–Trinajstić information content (AvgIpc) is 2.70. The minimum absolute atomic E-state index is 0.0823. The molecule has 162 valence electrons. The molecule has 0 amide bonds. The third-order valence-corrected chi connectivity index (χ3v) is 5.41. The van der Waals surface area contributed by atoms with Crippen molar-refractivity contribution >= 4 is 0 Å². The Morgan fingerprint density at radius 1 is 0.839 bits per heavy atom. The molecule has 0 atom stereocenters. The lowest BCUT2D eigenvalue weighted by Crippen LogP contribution is -2.19. The number of hydrogen-bond acceptors (Lipinski definition) is 1. The molecule has 0 fully saturated rings. The van der Waals surface area contributed by atoms with Crippen LogP contribution in [-0.2, 0) is 19.3 Å². The fraction of sp³-hybridized carbons (Fsp3) is 0.250. The van der Waals surface area contributed by atoms with E-state index in [4.69, 9.17) is 0 Å². The summed E-state index contributed by atoms with van der Waals surface area (Å²) in [6.45, 7) is 2.10. The molecule has 7 heteroatoms. The Morgan fingerprint density at radius 2 is 1.48 bits per heavy atom. The van der Waals surface area contributed by atoms with Crippen molar-refractivity contribution in [3.05, 3.63) is 76.6 Å². The number of fused-ring (bicyclic) bond motifs is 3. The van der Waals surface area contributed by atoms with Gasteiger partial charge in [0.1, 0.15) is 5.82 Å². The van der Waals surface area contributed by atoms with Gasteiger partial charge < -0.3 is 4.74 Å². The Balaban J connectivity index is 1.75. The summed E-state index contributed by atoms with van der Waals surface area (Å²) in [6, 6.07) is 10.4. The summed E-state index contributed by atoms with van der Waals surface area (Å²) in [5, 5.41) is 0. The lowest BCUT2D eigenvalue weighted by Gasteiger charge is -2.22. The molecule has 1 nitrogen and oxygen atoms in total. The number of benzene rings is 3. The van der Waals surface area contributed by atoms with Gasteiger partial charge in [0, 0.05) is 5.56 Å². The number of hydrogen-bond donors (Lipinski definition) is 0. The van der Waals surface area contributed by atoms with Gasteiger partial charge in [0.05, 0.1) is 0 Å². The molecule has 3 aromatic rings. The Kier molecular flexibility index (Phi) is 5.45. The SMILES string of the molecule is CCCc1ccc2c(c1)CCc1c-2ccc(-c2cc(F)c(OC(F)(F)F)c(F)c2)c1F. The Morgan fingerprint density at radius 3 is 2.13 bits per heavy atom. The molecule has 0 bridgehead atoms. The summed E-state index contributed by atoms with van der Waals surface area (Å²) in [5.41, 5.74) is 4.10. The molecule has 0 saturated carbocycles. The highest BCUT2D eigenvalue weighted by molar-refractivity contribution is 5.78. The second kappa shape index (κ2) is 7.94. The topological polar surface area (TPSA) is 9.23 Å². The predicted molar refractivity (Wildman–Crippen MR) is 105 cm³/mol. The van der Waals surface area contributed by atoms with Gasteiger partial charge in [-0.15, -0.1) is 13.2 Å². The van der Waals surface area contributed by atoms with E-state index in [0.717, 1.165) is 24.0 Å². The summed E-state index contributed by atoms with van der Waals surface area (Å²) in [5.74, 6) is -5.31. The van der Waals surface area contributed by atoms with Crippen LogP contribution in [0.25, 0.3) is 22.3 Å². The molecule has 0 aliphatic heterocycles. The van der Waals surface area contributed by atoms with E-state index in [1.54, 1.807) is 6.07 Å². The Hall–Kier alpha value is -2.96. The quantitative estimate of drug-likeness (QED) is 0.388. The van der Waals surface area contributed by atoms with Crippen LogP contribution in [0, 0.1) is 17.5 Å². The highest BCUT2D eigenvalue weighted by atomic mass is 19.4. The number of rotatable bonds is 4. The van der Waals surface area contributed by atoms with Gasteiger partial charge in [-0.3, -0.25) is 0 Å². The van der Waals surface area contributed by atoms with Gasteiger partial charge in [0.25, 0.3) is 0 Å². The first kappa shape index (κ1) is 21.3. The molecule has 0 N–H and O–H groups in total. The molecule has 0 aromatic heterocycles. The van der Waals surface area contributed by atoms with E-state index >= 15 is 4.39 Å². The molecular weight excluding hydrogens is 418 g/mol. The van der Waals surface area contributed by atoms with Crippen molar-refractivity contribution in [3.63, 3.8) is 0 Å². The minimum Gasteiger partial charge on any atom is -0.399 e. The van der Waals surface area contributed by atoms with Gasteiger partial charge in [-0.05, 0) is 64.8 Å². The zero-order chi connectivity index (χ0) is 22.3. The Labute approximate surface area is 175 Å². The van der Waals surface area contributed by atoms with Crippen LogP contribution >= 0.6 is 0 Å². The maximum Gasteiger partial charge on any atom is 0.573 e. The smallest absolute Gasteiger partial charge is 0.399 e. The van der Waals surface area contributed by atoms with Crippen molar-refractivity contribution in [1.29, 1.82) is 0 Å². The fourth-order valence-corrected chi connectivity index (χ4v) is 4.09. The van der Waals surface area contributed by atoms with Crippen molar-refractivity contribution in [1.82, 2.24) is 0 Å². The highest BCUT2D eigenvalue weighted by Gasteiger charge is 2.34. The van der Waals surface area contributed by atoms with Crippen LogP contribution in [0.15, 0.2) is 42.5 Å². The second-order valence-corrected chi connectivity index (χ2v) is 7.51. The zero-order valence-electron chi connectivity index (χ0n) is 16.5. The van der Waals surface area contributed by atoms with Gasteiger partial charge in [-0.2, -0.15) is 0 Å². The van der Waals surface area contributed by atoms with E-state index in [1.807, 2.05) is 12.1 Å². The first-order chi connectivity index (χ1) is 14.7. The summed E-state index contributed by atoms with van der Waals surface area (Å²) < 4.78 is 84.0. The summed E-state index contributed by atoms with van der Waals surface area (Å²) in [4.78, 5) is 0. The predicted octanol–water partition coefficient (Wildman–Crippen LogP) is 7.39. The molecule has 0 heterocycles. The van der Waals surface area contributed by atoms with Crippen molar-refractivity contribution in [2.75, 3.05) is 0 Å². The Bertz CT molecular complexity index is 1130. The summed E-state index contributed by atoms with van der Waals surface area (Å²) in [7, 11) is 0. The molecule has 1 aliphatic carbocycles. The first-order valence-electron chi connectivity index (χ1n) is 9.86. The van der Waals surface area contributed by atoms with E-state index in [1.165, 1.54) is 11.6 Å². The maximum absolute atomic E-state index is 15.3. The van der Waals surface area contributed by atoms with Gasteiger partial charge in [-0.25, -0.2) is 13.2 Å². The number of aryl methyl sites for hydroxylation is 2. The van der Waals surface area contributed by atoms with Crippen molar-refractivity contribution in [2.45, 2.75) is 39.0 Å². The van der Waals surface area contributed by atoms with Gasteiger partial charge in [-0.1, -0.05) is 43.7 Å². The molecule has 0 radical (unpaired) electrons. The third-order valence-electron chi connectivity index (χ3n) is 5.41. The monoisotopic (exact) mass is 436 g/mol. The third kappa shape index (κ3) is 4.13. The van der Waals surface area contributed by atoms with Crippen LogP contribution < -0.4 is 4.74 Å². The molecule has 1 aliphatic rings. The van der Waals surface area contributed by atoms with Crippen LogP contribution in [0.4, 0.5) is 26.3 Å². The van der Waals surface area contributed by atoms with Gasteiger partial charge >= 0.3 is 6.36 Å². The van der Waals surface area contributed by atoms with Crippen LogP contribution in [-0.4, -0.2) is 6.36 Å². The molecule has 0 saturated heterocycles. The van der Waals surface area contributed by atoms with Crippen LogP contribution in [0.5, 0.6) is 5.75 Å². The number of alkyl halides is 3. The van der Waals surface area contributed by atoms with E-state index in [-0.39, 0.29) is 11.1 Å². The normalized spacial score (nSPS) is 13.0. The van der Waals surface area contributed by atoms with E-state index in [0.29, 0.717) is 36.1 Å². The minimum atomic E-state index is -5.25. The average molecular weight is 436 g/mol. The lowest BCUT2D eigenvalue weighted by atomic mass is 9.82. The van der Waals surface area contributed by atoms with Crippen molar-refractivity contribution in [3.8, 4) is 28.0 Å². The fourth-order valence-electron chi connectivity index (χ4n) is 4.09.